The van der Waals surface area contributed by atoms with Crippen molar-refractivity contribution in [1.29, 1.82) is 0 Å². The molecule has 10 heteroatoms. The van der Waals surface area contributed by atoms with Gasteiger partial charge in [0.15, 0.2) is 5.13 Å². The summed E-state index contributed by atoms with van der Waals surface area (Å²) in [5, 5.41) is 17.5. The molecule has 1 radical (unpaired) electrons. The third kappa shape index (κ3) is 5.38. The molecule has 1 aromatic carbocycles. The zero-order valence-corrected chi connectivity index (χ0v) is 18.6. The van der Waals surface area contributed by atoms with E-state index >= 15 is 0 Å². The van der Waals surface area contributed by atoms with Crippen LogP contribution in [0.1, 0.15) is 23.2 Å². The second-order valence-electron chi connectivity index (χ2n) is 7.64. The lowest BCUT2D eigenvalue weighted by atomic mass is 10.0. The number of anilines is 2. The average molecular weight is 450 g/mol. The van der Waals surface area contributed by atoms with Crippen LogP contribution in [0.3, 0.4) is 0 Å². The number of aromatic nitrogens is 2. The van der Waals surface area contributed by atoms with Crippen LogP contribution >= 0.6 is 11.3 Å². The lowest BCUT2D eigenvalue weighted by Gasteiger charge is -2.31. The average Bonchev–Trinajstić information content (AvgIpc) is 3.48. The number of thiazole rings is 1. The summed E-state index contributed by atoms with van der Waals surface area (Å²) in [6, 6.07) is 9.82. The molecular formula is C22H25BN5O3S. The highest BCUT2D eigenvalue weighted by atomic mass is 32.1. The van der Waals surface area contributed by atoms with Crippen molar-refractivity contribution in [2.24, 2.45) is 0 Å². The molecule has 1 aliphatic rings. The molecule has 2 amide bonds. The predicted octanol–water partition coefficient (Wildman–Crippen LogP) is 2.46. The molecule has 0 saturated carbocycles. The lowest BCUT2D eigenvalue weighted by Crippen LogP contribution is -2.35. The molecule has 32 heavy (non-hydrogen) atoms. The molecule has 0 atom stereocenters. The number of benzene rings is 1. The Morgan fingerprint density at radius 3 is 2.84 bits per heavy atom. The minimum atomic E-state index is -0.332. The van der Waals surface area contributed by atoms with Crippen LogP contribution in [0.5, 0.6) is 0 Å². The first kappa shape index (κ1) is 22.1. The smallest absolute Gasteiger partial charge is 0.253 e. The van der Waals surface area contributed by atoms with Crippen molar-refractivity contribution in [3.05, 3.63) is 53.7 Å². The molecular weight excluding hydrogens is 425 g/mol. The third-order valence-corrected chi connectivity index (χ3v) is 6.16. The molecule has 165 valence electrons. The van der Waals surface area contributed by atoms with Crippen molar-refractivity contribution >= 4 is 41.4 Å². The fourth-order valence-corrected chi connectivity index (χ4v) is 4.32. The molecule has 0 spiro atoms. The van der Waals surface area contributed by atoms with E-state index in [9.17, 15) is 14.7 Å². The SMILES string of the molecule is C[B]n1ccc(C(=O)NCC(=O)Nc2nc(-c3cccc(N4CCC(O)CC4)c3)cs2)c1. The van der Waals surface area contributed by atoms with E-state index in [1.807, 2.05) is 31.8 Å². The number of nitrogens with one attached hydrogen (secondary N) is 2. The Balaban J connectivity index is 1.33. The van der Waals surface area contributed by atoms with Gasteiger partial charge in [0.25, 0.3) is 5.91 Å². The van der Waals surface area contributed by atoms with E-state index in [0.29, 0.717) is 10.7 Å². The highest BCUT2D eigenvalue weighted by molar-refractivity contribution is 7.14. The van der Waals surface area contributed by atoms with Gasteiger partial charge in [0.2, 0.25) is 13.3 Å². The Bertz CT molecular complexity index is 1090. The number of nitrogens with zero attached hydrogens (tertiary/aromatic N) is 3. The van der Waals surface area contributed by atoms with Gasteiger partial charge in [-0.1, -0.05) is 19.0 Å². The van der Waals surface area contributed by atoms with E-state index < -0.39 is 0 Å². The van der Waals surface area contributed by atoms with Crippen LogP contribution in [-0.2, 0) is 4.79 Å². The number of piperidine rings is 1. The lowest BCUT2D eigenvalue weighted by molar-refractivity contribution is -0.115. The van der Waals surface area contributed by atoms with E-state index in [4.69, 9.17) is 0 Å². The summed E-state index contributed by atoms with van der Waals surface area (Å²) in [5.41, 5.74) is 3.35. The van der Waals surface area contributed by atoms with Crippen LogP contribution in [0.15, 0.2) is 48.1 Å². The first-order valence-electron chi connectivity index (χ1n) is 10.6. The number of hydrogen-bond acceptors (Lipinski definition) is 6. The topological polar surface area (TPSA) is 99.5 Å². The molecule has 4 rings (SSSR count). The number of aliphatic hydroxyl groups is 1. The number of carbonyl (C=O) groups is 2. The molecule has 0 bridgehead atoms. The van der Waals surface area contributed by atoms with E-state index in [0.717, 1.165) is 42.9 Å². The summed E-state index contributed by atoms with van der Waals surface area (Å²) in [6.45, 7) is 3.39. The Labute approximate surface area is 191 Å². The van der Waals surface area contributed by atoms with Gasteiger partial charge in [0.05, 0.1) is 23.9 Å². The van der Waals surface area contributed by atoms with Crippen molar-refractivity contribution in [1.82, 2.24) is 14.8 Å². The molecule has 8 nitrogen and oxygen atoms in total. The second kappa shape index (κ2) is 10.0. The maximum Gasteiger partial charge on any atom is 0.253 e. The maximum atomic E-state index is 12.2. The van der Waals surface area contributed by atoms with Crippen molar-refractivity contribution in [3.8, 4) is 11.3 Å². The normalized spacial score (nSPS) is 14.2. The number of carbonyl (C=O) groups excluding carboxylic acids is 2. The minimum absolute atomic E-state index is 0.134. The summed E-state index contributed by atoms with van der Waals surface area (Å²) < 4.78 is 1.77. The third-order valence-electron chi connectivity index (χ3n) is 5.41. The van der Waals surface area contributed by atoms with E-state index in [2.05, 4.69) is 32.7 Å². The van der Waals surface area contributed by atoms with Gasteiger partial charge in [0.1, 0.15) is 0 Å². The number of hydrogen-bond donors (Lipinski definition) is 3. The van der Waals surface area contributed by atoms with Crippen LogP contribution < -0.4 is 15.5 Å². The van der Waals surface area contributed by atoms with Gasteiger partial charge in [0, 0.05) is 35.9 Å². The van der Waals surface area contributed by atoms with Gasteiger partial charge in [-0.3, -0.25) is 9.59 Å². The Hall–Kier alpha value is -3.11. The van der Waals surface area contributed by atoms with Crippen LogP contribution in [0, 0.1) is 0 Å². The number of aliphatic hydroxyl groups excluding tert-OH is 1. The van der Waals surface area contributed by atoms with Crippen LogP contribution in [0.25, 0.3) is 11.3 Å². The first-order chi connectivity index (χ1) is 15.5. The highest BCUT2D eigenvalue weighted by Crippen LogP contribution is 2.29. The Morgan fingerprint density at radius 2 is 2.09 bits per heavy atom. The maximum absolute atomic E-state index is 12.2. The Morgan fingerprint density at radius 1 is 1.28 bits per heavy atom. The van der Waals surface area contributed by atoms with Crippen LogP contribution in [-0.4, -0.2) is 59.5 Å². The quantitative estimate of drug-likeness (QED) is 0.481. The fourth-order valence-electron chi connectivity index (χ4n) is 3.58. The van der Waals surface area contributed by atoms with Gasteiger partial charge in [-0.25, -0.2) is 4.98 Å². The monoisotopic (exact) mass is 450 g/mol. The zero-order chi connectivity index (χ0) is 22.5. The highest BCUT2D eigenvalue weighted by Gasteiger charge is 2.18. The van der Waals surface area contributed by atoms with E-state index in [-0.39, 0.29) is 24.5 Å². The fraction of sp³-hybridized carbons (Fsp3) is 0.318. The van der Waals surface area contributed by atoms with E-state index in [1.165, 1.54) is 11.3 Å². The minimum Gasteiger partial charge on any atom is -0.402 e. The molecule has 0 aliphatic carbocycles. The predicted molar refractivity (Wildman–Crippen MR) is 127 cm³/mol. The van der Waals surface area contributed by atoms with Gasteiger partial charge in [-0.2, -0.15) is 0 Å². The van der Waals surface area contributed by atoms with Gasteiger partial charge >= 0.3 is 0 Å². The van der Waals surface area contributed by atoms with Crippen LogP contribution in [0.2, 0.25) is 6.82 Å². The molecule has 1 saturated heterocycles. The largest absolute Gasteiger partial charge is 0.402 e. The second-order valence-corrected chi connectivity index (χ2v) is 8.50. The van der Waals surface area contributed by atoms with E-state index in [1.54, 1.807) is 22.9 Å². The standard InChI is InChI=1S/C22H25BN5O3S/c1-23-28-10-5-16(13-28)21(31)24-12-20(30)26-22-25-19(14-32-22)15-3-2-4-17(11-15)27-8-6-18(29)7-9-27/h2-5,10-11,13-14,18,29H,6-9,12H2,1H3,(H,24,31)(H,25,26,30). The Kier molecular flexibility index (Phi) is 6.91. The van der Waals surface area contributed by atoms with Gasteiger partial charge < -0.3 is 25.1 Å². The van der Waals surface area contributed by atoms with Crippen molar-refractivity contribution < 1.29 is 14.7 Å². The summed E-state index contributed by atoms with van der Waals surface area (Å²) in [4.78, 5) is 31.2. The van der Waals surface area contributed by atoms with Gasteiger partial charge in [-0.05, 0) is 37.2 Å². The zero-order valence-electron chi connectivity index (χ0n) is 17.8. The first-order valence-corrected chi connectivity index (χ1v) is 11.4. The molecule has 0 unspecified atom stereocenters. The summed E-state index contributed by atoms with van der Waals surface area (Å²) in [6.07, 6.45) is 4.81. The van der Waals surface area contributed by atoms with Crippen LogP contribution in [0.4, 0.5) is 10.8 Å². The van der Waals surface area contributed by atoms with Crippen molar-refractivity contribution in [3.63, 3.8) is 0 Å². The summed E-state index contributed by atoms with van der Waals surface area (Å²) in [5.74, 6) is -0.635. The summed E-state index contributed by atoms with van der Waals surface area (Å²) >= 11 is 1.34. The molecule has 1 fully saturated rings. The molecule has 3 heterocycles. The molecule has 2 aromatic heterocycles. The number of amides is 2. The summed E-state index contributed by atoms with van der Waals surface area (Å²) in [7, 11) is 1.83. The number of rotatable bonds is 7. The molecule has 1 aliphatic heterocycles. The van der Waals surface area contributed by atoms with Crippen molar-refractivity contribution in [2.75, 3.05) is 29.9 Å². The van der Waals surface area contributed by atoms with Crippen molar-refractivity contribution in [2.45, 2.75) is 25.8 Å². The molecule has 3 N–H and O–H groups in total. The van der Waals surface area contributed by atoms with Gasteiger partial charge in [-0.15, -0.1) is 11.3 Å². The molecule has 3 aromatic rings.